The Morgan fingerprint density at radius 1 is 1.23 bits per heavy atom. The number of halogens is 2. The summed E-state index contributed by atoms with van der Waals surface area (Å²) >= 11 is 0. The fraction of sp³-hybridized carbons (Fsp3) is 0.118. The number of allylic oxidation sites excluding steroid dienone is 1. The number of hydrogen-bond donors (Lipinski definition) is 3. The van der Waals surface area contributed by atoms with Crippen molar-refractivity contribution in [2.75, 3.05) is 5.32 Å². The van der Waals surface area contributed by atoms with E-state index in [9.17, 15) is 8.78 Å². The molecule has 0 spiro atoms. The van der Waals surface area contributed by atoms with E-state index in [4.69, 9.17) is 11.1 Å². The van der Waals surface area contributed by atoms with E-state index in [-0.39, 0.29) is 12.4 Å². The van der Waals surface area contributed by atoms with E-state index >= 15 is 0 Å². The topological polar surface area (TPSA) is 61.9 Å². The summed E-state index contributed by atoms with van der Waals surface area (Å²) < 4.78 is 26.8. The molecule has 2 aromatic rings. The first-order valence-electron chi connectivity index (χ1n) is 6.76. The maximum atomic E-state index is 13.6. The number of benzene rings is 2. The van der Waals surface area contributed by atoms with Crippen LogP contribution in [0.4, 0.5) is 14.5 Å². The summed E-state index contributed by atoms with van der Waals surface area (Å²) in [5.41, 5.74) is 8.45. The van der Waals surface area contributed by atoms with Gasteiger partial charge in [0, 0.05) is 30.2 Å². The summed E-state index contributed by atoms with van der Waals surface area (Å²) in [5, 5.41) is 10.5. The van der Waals surface area contributed by atoms with Gasteiger partial charge in [0.2, 0.25) is 0 Å². The molecule has 114 valence electrons. The fourth-order valence-corrected chi connectivity index (χ4v) is 2.04. The van der Waals surface area contributed by atoms with Gasteiger partial charge in [-0.25, -0.2) is 8.78 Å². The highest BCUT2D eigenvalue weighted by molar-refractivity contribution is 6.08. The minimum atomic E-state index is -0.400. The average molecular weight is 301 g/mol. The van der Waals surface area contributed by atoms with E-state index in [1.165, 1.54) is 18.2 Å². The zero-order valence-electron chi connectivity index (χ0n) is 12.2. The summed E-state index contributed by atoms with van der Waals surface area (Å²) in [6.07, 6.45) is 2.70. The molecule has 22 heavy (non-hydrogen) atoms. The minimum absolute atomic E-state index is 0.223. The summed E-state index contributed by atoms with van der Waals surface area (Å²) in [6.45, 7) is 1.89. The molecular formula is C17H17F2N3. The lowest BCUT2D eigenvalue weighted by Gasteiger charge is -2.08. The first-order valence-corrected chi connectivity index (χ1v) is 6.76. The van der Waals surface area contributed by atoms with Gasteiger partial charge in [0.05, 0.1) is 0 Å². The van der Waals surface area contributed by atoms with E-state index in [1.807, 2.05) is 0 Å². The second-order valence-corrected chi connectivity index (χ2v) is 4.90. The van der Waals surface area contributed by atoms with Gasteiger partial charge in [-0.3, -0.25) is 0 Å². The first kappa shape index (κ1) is 15.9. The van der Waals surface area contributed by atoms with Crippen LogP contribution in [0.3, 0.4) is 0 Å². The second-order valence-electron chi connectivity index (χ2n) is 4.90. The predicted molar refractivity (Wildman–Crippen MR) is 85.8 cm³/mol. The van der Waals surface area contributed by atoms with Crippen LogP contribution in [-0.2, 0) is 6.54 Å². The molecule has 0 aliphatic rings. The van der Waals surface area contributed by atoms with Gasteiger partial charge in [-0.2, -0.15) is 0 Å². The normalized spacial score (nSPS) is 11.4. The molecule has 2 rings (SSSR count). The lowest BCUT2D eigenvalue weighted by Crippen LogP contribution is -2.00. The molecule has 0 aliphatic carbocycles. The molecule has 0 amide bonds. The minimum Gasteiger partial charge on any atom is -0.361 e. The zero-order chi connectivity index (χ0) is 16.1. The van der Waals surface area contributed by atoms with Crippen LogP contribution in [0.15, 0.2) is 42.6 Å². The van der Waals surface area contributed by atoms with E-state index in [1.54, 1.807) is 31.3 Å². The quantitative estimate of drug-likeness (QED) is 0.735. The van der Waals surface area contributed by atoms with Crippen molar-refractivity contribution in [3.05, 3.63) is 70.9 Å². The van der Waals surface area contributed by atoms with Crippen LogP contribution < -0.4 is 11.1 Å². The summed E-state index contributed by atoms with van der Waals surface area (Å²) in [7, 11) is 0. The van der Waals surface area contributed by atoms with E-state index in [0.717, 1.165) is 6.21 Å². The van der Waals surface area contributed by atoms with Gasteiger partial charge >= 0.3 is 0 Å². The SMILES string of the molecule is Cc1cc(N/C=C(\C=N)c2cc(F)cc(CN)c2)ccc1F. The Kier molecular flexibility index (Phi) is 5.01. The van der Waals surface area contributed by atoms with Crippen molar-refractivity contribution < 1.29 is 8.78 Å². The molecule has 0 fully saturated rings. The van der Waals surface area contributed by atoms with Crippen LogP contribution in [-0.4, -0.2) is 6.21 Å². The van der Waals surface area contributed by atoms with Gasteiger partial charge < -0.3 is 16.5 Å². The molecular weight excluding hydrogens is 284 g/mol. The Balaban J connectivity index is 2.29. The second kappa shape index (κ2) is 6.95. The third kappa shape index (κ3) is 3.77. The van der Waals surface area contributed by atoms with Gasteiger partial charge in [0.15, 0.2) is 0 Å². The Morgan fingerprint density at radius 2 is 2.00 bits per heavy atom. The smallest absolute Gasteiger partial charge is 0.126 e. The molecule has 3 nitrogen and oxygen atoms in total. The van der Waals surface area contributed by atoms with E-state index in [2.05, 4.69) is 5.32 Å². The summed E-state index contributed by atoms with van der Waals surface area (Å²) in [6, 6.07) is 9.05. The molecule has 0 heterocycles. The Morgan fingerprint density at radius 3 is 2.64 bits per heavy atom. The van der Waals surface area contributed by atoms with E-state index < -0.39 is 5.82 Å². The lowest BCUT2D eigenvalue weighted by molar-refractivity contribution is 0.619. The van der Waals surface area contributed by atoms with Crippen molar-refractivity contribution >= 4 is 17.5 Å². The number of anilines is 1. The third-order valence-electron chi connectivity index (χ3n) is 3.23. The molecule has 0 saturated heterocycles. The number of nitrogens with one attached hydrogen (secondary N) is 2. The molecule has 0 saturated carbocycles. The zero-order valence-corrected chi connectivity index (χ0v) is 12.2. The standard InChI is InChI=1S/C17H17F2N3/c1-11-4-16(2-3-17(11)19)22-10-14(9-21)13-5-12(8-20)6-15(18)7-13/h2-7,9-10,21-22H,8,20H2,1H3/b14-10+,21-9?. The summed E-state index contributed by atoms with van der Waals surface area (Å²) in [5.74, 6) is -0.678. The summed E-state index contributed by atoms with van der Waals surface area (Å²) in [4.78, 5) is 0. The fourth-order valence-electron chi connectivity index (χ4n) is 2.04. The number of aryl methyl sites for hydroxylation is 1. The maximum Gasteiger partial charge on any atom is 0.126 e. The molecule has 0 aromatic heterocycles. The van der Waals surface area contributed by atoms with Crippen molar-refractivity contribution in [3.63, 3.8) is 0 Å². The van der Waals surface area contributed by atoms with Crippen molar-refractivity contribution in [2.24, 2.45) is 5.73 Å². The monoisotopic (exact) mass is 301 g/mol. The Labute approximate surface area is 128 Å². The Hall–Kier alpha value is -2.53. The van der Waals surface area contributed by atoms with E-state index in [0.29, 0.717) is 28.0 Å². The Bertz CT molecular complexity index is 724. The van der Waals surface area contributed by atoms with Crippen LogP contribution in [0, 0.1) is 24.0 Å². The largest absolute Gasteiger partial charge is 0.361 e. The highest BCUT2D eigenvalue weighted by Gasteiger charge is 2.04. The molecule has 0 bridgehead atoms. The van der Waals surface area contributed by atoms with Crippen molar-refractivity contribution in [1.29, 1.82) is 5.41 Å². The highest BCUT2D eigenvalue weighted by Crippen LogP contribution is 2.18. The number of hydrogen-bond acceptors (Lipinski definition) is 3. The van der Waals surface area contributed by atoms with Crippen LogP contribution in [0.1, 0.15) is 16.7 Å². The van der Waals surface area contributed by atoms with Crippen LogP contribution >= 0.6 is 0 Å². The van der Waals surface area contributed by atoms with Gasteiger partial charge in [-0.05, 0) is 60.0 Å². The van der Waals surface area contributed by atoms with Crippen molar-refractivity contribution in [1.82, 2.24) is 0 Å². The molecule has 0 radical (unpaired) electrons. The van der Waals surface area contributed by atoms with Gasteiger partial charge in [0.1, 0.15) is 11.6 Å². The predicted octanol–water partition coefficient (Wildman–Crippen LogP) is 3.83. The molecule has 5 heteroatoms. The van der Waals surface area contributed by atoms with Gasteiger partial charge in [-0.15, -0.1) is 0 Å². The van der Waals surface area contributed by atoms with Crippen molar-refractivity contribution in [2.45, 2.75) is 13.5 Å². The van der Waals surface area contributed by atoms with Crippen LogP contribution in [0.5, 0.6) is 0 Å². The first-order chi connectivity index (χ1) is 10.5. The molecule has 0 aliphatic heterocycles. The lowest BCUT2D eigenvalue weighted by atomic mass is 10.0. The highest BCUT2D eigenvalue weighted by atomic mass is 19.1. The molecule has 0 atom stereocenters. The number of rotatable bonds is 5. The average Bonchev–Trinajstić information content (AvgIpc) is 2.50. The molecule has 0 unspecified atom stereocenters. The number of nitrogens with two attached hydrogens (primary N) is 1. The molecule has 4 N–H and O–H groups in total. The van der Waals surface area contributed by atoms with Crippen molar-refractivity contribution in [3.8, 4) is 0 Å². The van der Waals surface area contributed by atoms with Gasteiger partial charge in [0.25, 0.3) is 0 Å². The van der Waals surface area contributed by atoms with Crippen LogP contribution in [0.25, 0.3) is 5.57 Å². The molecule has 2 aromatic carbocycles. The maximum absolute atomic E-state index is 13.6. The van der Waals surface area contributed by atoms with Gasteiger partial charge in [-0.1, -0.05) is 0 Å². The third-order valence-corrected chi connectivity index (χ3v) is 3.23. The van der Waals surface area contributed by atoms with Crippen LogP contribution in [0.2, 0.25) is 0 Å².